The molecule has 1 aliphatic heterocycles. The van der Waals surface area contributed by atoms with Gasteiger partial charge in [0.15, 0.2) is 0 Å². The number of carboxylic acids is 1. The standard InChI is InChI=1S/C29H29ClN2O5S/c30-18-11-9-17(10-12-18)26-25(27(34)31-16-15-19-13-14-24(38-19)29(36)37)20-5-1-2-6-21(20)28(35)32(26)22-7-3-4-8-23(22)33/h1-2,5-6,9-14,22-23,25-26,33H,3-4,7-8,15-16H2,(H,31,34)(H,36,37)/t22-,23-,25+,26-/m0/s1. The van der Waals surface area contributed by atoms with Crippen LogP contribution in [0.25, 0.3) is 0 Å². The van der Waals surface area contributed by atoms with Crippen molar-refractivity contribution in [1.29, 1.82) is 0 Å². The van der Waals surface area contributed by atoms with Crippen LogP contribution in [0.5, 0.6) is 0 Å². The molecule has 3 aromatic rings. The fourth-order valence-corrected chi connectivity index (χ4v) is 6.65. The topological polar surface area (TPSA) is 107 Å². The number of carbonyl (C=O) groups excluding carboxylic acids is 2. The lowest BCUT2D eigenvalue weighted by atomic mass is 9.76. The highest BCUT2D eigenvalue weighted by Gasteiger charge is 2.48. The van der Waals surface area contributed by atoms with Crippen LogP contribution >= 0.6 is 22.9 Å². The second kappa shape index (κ2) is 11.3. The predicted molar refractivity (Wildman–Crippen MR) is 146 cm³/mol. The molecule has 0 saturated heterocycles. The summed E-state index contributed by atoms with van der Waals surface area (Å²) in [6.45, 7) is 0.324. The fraction of sp³-hybridized carbons (Fsp3) is 0.345. The van der Waals surface area contributed by atoms with Gasteiger partial charge in [-0.3, -0.25) is 9.59 Å². The normalized spacial score (nSPS) is 23.1. The Hall–Kier alpha value is -3.20. The maximum absolute atomic E-state index is 13.9. The molecule has 198 valence electrons. The third-order valence-electron chi connectivity index (χ3n) is 7.46. The number of aromatic carboxylic acids is 1. The number of fused-ring (bicyclic) bond motifs is 1. The summed E-state index contributed by atoms with van der Waals surface area (Å²) in [5.41, 5.74) is 1.90. The summed E-state index contributed by atoms with van der Waals surface area (Å²) in [6, 6.07) is 16.7. The molecule has 3 N–H and O–H groups in total. The number of benzene rings is 2. The van der Waals surface area contributed by atoms with E-state index in [0.29, 0.717) is 42.0 Å². The summed E-state index contributed by atoms with van der Waals surface area (Å²) in [7, 11) is 0. The smallest absolute Gasteiger partial charge is 0.345 e. The molecule has 38 heavy (non-hydrogen) atoms. The zero-order chi connectivity index (χ0) is 26.8. The number of carbonyl (C=O) groups is 3. The van der Waals surface area contributed by atoms with Gasteiger partial charge in [0.05, 0.1) is 24.1 Å². The second-order valence-corrected chi connectivity index (χ2v) is 11.4. The summed E-state index contributed by atoms with van der Waals surface area (Å²) >= 11 is 7.37. The Labute approximate surface area is 230 Å². The molecule has 0 bridgehead atoms. The molecule has 2 aromatic carbocycles. The Morgan fingerprint density at radius 2 is 1.76 bits per heavy atom. The number of halogens is 1. The summed E-state index contributed by atoms with van der Waals surface area (Å²) < 4.78 is 0. The van der Waals surface area contributed by atoms with E-state index < -0.39 is 30.1 Å². The van der Waals surface area contributed by atoms with Crippen molar-refractivity contribution in [3.05, 3.63) is 92.1 Å². The maximum atomic E-state index is 13.9. The molecule has 1 aliphatic carbocycles. The van der Waals surface area contributed by atoms with Gasteiger partial charge in [0.2, 0.25) is 5.91 Å². The monoisotopic (exact) mass is 552 g/mol. The van der Waals surface area contributed by atoms with E-state index in [1.165, 1.54) is 11.3 Å². The van der Waals surface area contributed by atoms with Crippen LogP contribution in [0.4, 0.5) is 0 Å². The zero-order valence-corrected chi connectivity index (χ0v) is 22.3. The lowest BCUT2D eigenvalue weighted by molar-refractivity contribution is -0.125. The zero-order valence-electron chi connectivity index (χ0n) is 20.7. The first-order chi connectivity index (χ1) is 18.3. The number of thiophene rings is 1. The minimum Gasteiger partial charge on any atom is -0.477 e. The van der Waals surface area contributed by atoms with Crippen LogP contribution < -0.4 is 5.32 Å². The van der Waals surface area contributed by atoms with Crippen LogP contribution in [0.1, 0.15) is 73.7 Å². The molecular weight excluding hydrogens is 524 g/mol. The number of amides is 2. The highest BCUT2D eigenvalue weighted by molar-refractivity contribution is 7.13. The van der Waals surface area contributed by atoms with Crippen LogP contribution in [0.3, 0.4) is 0 Å². The van der Waals surface area contributed by atoms with E-state index in [2.05, 4.69) is 5.32 Å². The van der Waals surface area contributed by atoms with E-state index in [0.717, 1.165) is 23.3 Å². The van der Waals surface area contributed by atoms with E-state index >= 15 is 0 Å². The highest BCUT2D eigenvalue weighted by atomic mass is 35.5. The van der Waals surface area contributed by atoms with Crippen LogP contribution in [0, 0.1) is 0 Å². The van der Waals surface area contributed by atoms with Gasteiger partial charge in [0, 0.05) is 22.0 Å². The van der Waals surface area contributed by atoms with Crippen molar-refractivity contribution >= 4 is 40.7 Å². The molecule has 1 aromatic heterocycles. The first-order valence-electron chi connectivity index (χ1n) is 12.8. The van der Waals surface area contributed by atoms with Crippen LogP contribution in [0.15, 0.2) is 60.7 Å². The Bertz CT molecular complexity index is 1340. The number of carboxylic acid groups (broad SMARTS) is 1. The molecule has 0 radical (unpaired) electrons. The minimum atomic E-state index is -0.968. The summed E-state index contributed by atoms with van der Waals surface area (Å²) in [4.78, 5) is 41.9. The number of nitrogens with zero attached hydrogens (tertiary/aromatic N) is 1. The predicted octanol–water partition coefficient (Wildman–Crippen LogP) is 5.04. The molecule has 5 rings (SSSR count). The van der Waals surface area contributed by atoms with Gasteiger partial charge in [-0.15, -0.1) is 11.3 Å². The lowest BCUT2D eigenvalue weighted by Gasteiger charge is -2.48. The molecule has 7 nitrogen and oxygen atoms in total. The van der Waals surface area contributed by atoms with Crippen molar-refractivity contribution in [3.8, 4) is 0 Å². The van der Waals surface area contributed by atoms with E-state index in [-0.39, 0.29) is 16.7 Å². The van der Waals surface area contributed by atoms with Crippen molar-refractivity contribution in [3.63, 3.8) is 0 Å². The largest absolute Gasteiger partial charge is 0.477 e. The highest BCUT2D eigenvalue weighted by Crippen LogP contribution is 2.46. The van der Waals surface area contributed by atoms with Gasteiger partial charge < -0.3 is 20.4 Å². The number of rotatable bonds is 7. The Morgan fingerprint density at radius 3 is 2.47 bits per heavy atom. The first-order valence-corrected chi connectivity index (χ1v) is 14.0. The molecule has 0 spiro atoms. The van der Waals surface area contributed by atoms with Gasteiger partial charge >= 0.3 is 5.97 Å². The average Bonchev–Trinajstić information content (AvgIpc) is 3.39. The van der Waals surface area contributed by atoms with Gasteiger partial charge in [-0.2, -0.15) is 0 Å². The van der Waals surface area contributed by atoms with Crippen LogP contribution in [-0.2, 0) is 11.2 Å². The van der Waals surface area contributed by atoms with E-state index in [4.69, 9.17) is 11.6 Å². The average molecular weight is 553 g/mol. The number of hydrogen-bond donors (Lipinski definition) is 3. The minimum absolute atomic E-state index is 0.185. The molecule has 0 unspecified atom stereocenters. The Kier molecular flexibility index (Phi) is 7.83. The number of nitrogens with one attached hydrogen (secondary N) is 1. The molecule has 9 heteroatoms. The molecule has 4 atom stereocenters. The fourth-order valence-electron chi connectivity index (χ4n) is 5.68. The van der Waals surface area contributed by atoms with E-state index in [1.807, 2.05) is 24.3 Å². The van der Waals surface area contributed by atoms with Gasteiger partial charge in [-0.25, -0.2) is 4.79 Å². The summed E-state index contributed by atoms with van der Waals surface area (Å²) in [6.07, 6.45) is 2.90. The third kappa shape index (κ3) is 5.21. The molecule has 2 amide bonds. The number of aliphatic hydroxyl groups is 1. The van der Waals surface area contributed by atoms with Gasteiger partial charge in [0.1, 0.15) is 4.88 Å². The van der Waals surface area contributed by atoms with Crippen LogP contribution in [0.2, 0.25) is 5.02 Å². The van der Waals surface area contributed by atoms with Crippen molar-refractivity contribution in [1.82, 2.24) is 10.2 Å². The maximum Gasteiger partial charge on any atom is 0.345 e. The molecule has 2 aliphatic rings. The first kappa shape index (κ1) is 26.4. The van der Waals surface area contributed by atoms with E-state index in [1.54, 1.807) is 41.3 Å². The number of hydrogen-bond acceptors (Lipinski definition) is 5. The molecule has 1 fully saturated rings. The molecule has 1 saturated carbocycles. The van der Waals surface area contributed by atoms with Crippen molar-refractivity contribution < 1.29 is 24.6 Å². The summed E-state index contributed by atoms with van der Waals surface area (Å²) in [5.74, 6) is -2.08. The van der Waals surface area contributed by atoms with Crippen molar-refractivity contribution in [2.45, 2.75) is 56.2 Å². The second-order valence-electron chi connectivity index (χ2n) is 9.81. The van der Waals surface area contributed by atoms with E-state index in [9.17, 15) is 24.6 Å². The SMILES string of the molecule is O=C(O)c1ccc(CCNC(=O)[C@@H]2c3ccccc3C(=O)N([C@H]3CCCC[C@@H]3O)[C@H]2c2ccc(Cl)cc2)s1. The van der Waals surface area contributed by atoms with Crippen molar-refractivity contribution in [2.24, 2.45) is 0 Å². The Morgan fingerprint density at radius 1 is 1.03 bits per heavy atom. The van der Waals surface area contributed by atoms with Crippen molar-refractivity contribution in [2.75, 3.05) is 6.54 Å². The van der Waals surface area contributed by atoms with Gasteiger partial charge in [0.25, 0.3) is 5.91 Å². The lowest BCUT2D eigenvalue weighted by Crippen LogP contribution is -2.55. The quantitative estimate of drug-likeness (QED) is 0.380. The molecule has 2 heterocycles. The van der Waals surface area contributed by atoms with Crippen LogP contribution in [-0.4, -0.2) is 51.6 Å². The molecular formula is C29H29ClN2O5S. The third-order valence-corrected chi connectivity index (χ3v) is 8.85. The van der Waals surface area contributed by atoms with Gasteiger partial charge in [-0.1, -0.05) is 54.8 Å². The number of aliphatic hydroxyl groups excluding tert-OH is 1. The Balaban J connectivity index is 1.50. The van der Waals surface area contributed by atoms with Gasteiger partial charge in [-0.05, 0) is 60.7 Å². The summed E-state index contributed by atoms with van der Waals surface area (Å²) in [5, 5.41) is 23.7.